The molecule has 1 saturated heterocycles. The van der Waals surface area contributed by atoms with Gasteiger partial charge >= 0.3 is 5.97 Å². The summed E-state index contributed by atoms with van der Waals surface area (Å²) in [6.45, 7) is 8.60. The van der Waals surface area contributed by atoms with Crippen molar-refractivity contribution >= 4 is 34.4 Å². The molecule has 1 fully saturated rings. The van der Waals surface area contributed by atoms with E-state index in [0.29, 0.717) is 35.0 Å². The fraction of sp³-hybridized carbons (Fsp3) is 0.323. The van der Waals surface area contributed by atoms with Gasteiger partial charge in [0.05, 0.1) is 12.7 Å². The second kappa shape index (κ2) is 10.7. The van der Waals surface area contributed by atoms with Gasteiger partial charge in [-0.1, -0.05) is 35.9 Å². The number of aryl methyl sites for hydroxylation is 1. The predicted molar refractivity (Wildman–Crippen MR) is 149 cm³/mol. The third kappa shape index (κ3) is 5.16. The van der Waals surface area contributed by atoms with Crippen molar-refractivity contribution < 1.29 is 13.9 Å². The van der Waals surface area contributed by atoms with Gasteiger partial charge in [0, 0.05) is 48.5 Å². The molecule has 192 valence electrons. The summed E-state index contributed by atoms with van der Waals surface area (Å²) in [5.74, 6) is -0.681. The molecule has 0 bridgehead atoms. The van der Waals surface area contributed by atoms with Crippen LogP contribution in [0.4, 0.5) is 10.1 Å². The number of piperazine rings is 1. The van der Waals surface area contributed by atoms with E-state index in [-0.39, 0.29) is 11.8 Å². The monoisotopic (exact) mass is 518 g/mol. The fourth-order valence-corrected chi connectivity index (χ4v) is 5.66. The highest BCUT2D eigenvalue weighted by Crippen LogP contribution is 2.42. The van der Waals surface area contributed by atoms with Gasteiger partial charge in [0.15, 0.2) is 0 Å². The Morgan fingerprint density at radius 2 is 1.62 bits per heavy atom. The number of hydrogen-bond acceptors (Lipinski definition) is 4. The van der Waals surface area contributed by atoms with Gasteiger partial charge in [-0.25, -0.2) is 9.18 Å². The average Bonchev–Trinajstić information content (AvgIpc) is 2.92. The molecule has 0 spiro atoms. The van der Waals surface area contributed by atoms with Crippen LogP contribution in [0.25, 0.3) is 11.1 Å². The zero-order valence-electron chi connectivity index (χ0n) is 21.6. The minimum absolute atomic E-state index is 0.325. The highest BCUT2D eigenvalue weighted by molar-refractivity contribution is 6.30. The summed E-state index contributed by atoms with van der Waals surface area (Å²) in [4.78, 5) is 17.1. The Hall–Kier alpha value is -3.15. The minimum Gasteiger partial charge on any atom is -0.465 e. The molecule has 2 aliphatic rings. The number of rotatable bonds is 5. The summed E-state index contributed by atoms with van der Waals surface area (Å²) in [7, 11) is 1.39. The van der Waals surface area contributed by atoms with E-state index in [4.69, 9.17) is 16.3 Å². The first kappa shape index (κ1) is 25.5. The lowest BCUT2D eigenvalue weighted by Gasteiger charge is -2.38. The van der Waals surface area contributed by atoms with Gasteiger partial charge < -0.3 is 9.64 Å². The van der Waals surface area contributed by atoms with E-state index >= 15 is 4.39 Å². The molecule has 1 aliphatic carbocycles. The molecule has 1 aliphatic heterocycles. The summed E-state index contributed by atoms with van der Waals surface area (Å²) in [5.41, 5.74) is 7.34. The van der Waals surface area contributed by atoms with Gasteiger partial charge in [0.25, 0.3) is 0 Å². The van der Waals surface area contributed by atoms with Crippen LogP contribution in [0.1, 0.15) is 52.9 Å². The number of anilines is 1. The van der Waals surface area contributed by atoms with Crippen molar-refractivity contribution in [2.45, 2.75) is 32.7 Å². The molecular weight excluding hydrogens is 487 g/mol. The molecule has 0 amide bonds. The first-order chi connectivity index (χ1) is 17.9. The normalized spacial score (nSPS) is 16.2. The average molecular weight is 519 g/mol. The highest BCUT2D eigenvalue weighted by atomic mass is 35.5. The van der Waals surface area contributed by atoms with Crippen molar-refractivity contribution in [3.8, 4) is 0 Å². The van der Waals surface area contributed by atoms with E-state index in [1.807, 2.05) is 12.1 Å². The van der Waals surface area contributed by atoms with E-state index in [1.54, 1.807) is 18.2 Å². The third-order valence-electron chi connectivity index (χ3n) is 7.56. The van der Waals surface area contributed by atoms with Gasteiger partial charge in [-0.05, 0) is 90.9 Å². The maximum absolute atomic E-state index is 15.1. The lowest BCUT2D eigenvalue weighted by Crippen LogP contribution is -2.48. The smallest absolute Gasteiger partial charge is 0.337 e. The number of benzene rings is 3. The first-order valence-electron chi connectivity index (χ1n) is 12.9. The second-order valence-corrected chi connectivity index (χ2v) is 10.4. The van der Waals surface area contributed by atoms with Gasteiger partial charge in [0.1, 0.15) is 5.82 Å². The van der Waals surface area contributed by atoms with E-state index in [9.17, 15) is 4.79 Å². The zero-order valence-corrected chi connectivity index (χ0v) is 22.3. The van der Waals surface area contributed by atoms with Crippen LogP contribution in [-0.2, 0) is 11.2 Å². The Labute approximate surface area is 223 Å². The summed E-state index contributed by atoms with van der Waals surface area (Å²) in [6.07, 6.45) is 1.36. The molecule has 0 radical (unpaired) electrons. The van der Waals surface area contributed by atoms with E-state index < -0.39 is 0 Å². The number of ether oxygens (including phenoxy) is 1. The number of allylic oxidation sites excluding steroid dienone is 1. The van der Waals surface area contributed by atoms with Crippen molar-refractivity contribution in [1.29, 1.82) is 0 Å². The summed E-state index contributed by atoms with van der Waals surface area (Å²) < 4.78 is 20.0. The van der Waals surface area contributed by atoms with Gasteiger partial charge in [-0.15, -0.1) is 0 Å². The number of carbonyl (C=O) groups is 1. The number of fused-ring (bicyclic) bond motifs is 1. The molecule has 3 aromatic carbocycles. The first-order valence-corrected chi connectivity index (χ1v) is 13.2. The summed E-state index contributed by atoms with van der Waals surface area (Å²) in [6, 6.07) is 19.7. The molecule has 0 unspecified atom stereocenters. The second-order valence-electron chi connectivity index (χ2n) is 10.0. The van der Waals surface area contributed by atoms with Gasteiger partial charge in [-0.3, -0.25) is 4.90 Å². The molecule has 0 N–H and O–H groups in total. The topological polar surface area (TPSA) is 32.8 Å². The molecule has 37 heavy (non-hydrogen) atoms. The van der Waals surface area contributed by atoms with Crippen LogP contribution >= 0.6 is 11.6 Å². The van der Waals surface area contributed by atoms with Crippen molar-refractivity contribution in [2.24, 2.45) is 0 Å². The van der Waals surface area contributed by atoms with Gasteiger partial charge in [-0.2, -0.15) is 0 Å². The predicted octanol–water partition coefficient (Wildman–Crippen LogP) is 6.70. The van der Waals surface area contributed by atoms with Crippen LogP contribution in [0.15, 0.2) is 60.7 Å². The van der Waals surface area contributed by atoms with Crippen LogP contribution < -0.4 is 4.90 Å². The van der Waals surface area contributed by atoms with Crippen molar-refractivity contribution in [2.75, 3.05) is 38.2 Å². The molecule has 1 heterocycles. The van der Waals surface area contributed by atoms with Crippen LogP contribution in [0, 0.1) is 5.82 Å². The molecule has 0 atom stereocenters. The number of hydrogen-bond donors (Lipinski definition) is 0. The van der Waals surface area contributed by atoms with Crippen LogP contribution in [0.2, 0.25) is 5.02 Å². The molecule has 4 nitrogen and oxygen atoms in total. The Kier molecular flexibility index (Phi) is 7.36. The van der Waals surface area contributed by atoms with Crippen LogP contribution in [0.3, 0.4) is 0 Å². The number of esters is 1. The Morgan fingerprint density at radius 3 is 2.27 bits per heavy atom. The zero-order chi connectivity index (χ0) is 26.1. The third-order valence-corrected chi connectivity index (χ3v) is 7.80. The Morgan fingerprint density at radius 1 is 0.919 bits per heavy atom. The summed E-state index contributed by atoms with van der Waals surface area (Å²) in [5, 5.41) is 0.379. The van der Waals surface area contributed by atoms with E-state index in [2.05, 4.69) is 47.9 Å². The highest BCUT2D eigenvalue weighted by Gasteiger charge is 2.25. The maximum Gasteiger partial charge on any atom is 0.337 e. The van der Waals surface area contributed by atoms with Crippen LogP contribution in [0.5, 0.6) is 0 Å². The molecule has 0 saturated carbocycles. The number of methoxy groups -OCH3 is 1. The van der Waals surface area contributed by atoms with Crippen molar-refractivity contribution in [1.82, 2.24) is 4.90 Å². The SMILES string of the molecule is COC(=O)c1ccc2c(c1)CCC(c1ccc(Cl)cc1F)=C2c1ccc(N2CCN(C(C)C)CC2)cc1. The van der Waals surface area contributed by atoms with E-state index in [1.165, 1.54) is 18.9 Å². The Balaban J connectivity index is 1.55. The lowest BCUT2D eigenvalue weighted by molar-refractivity contribution is 0.0600. The molecular formula is C31H32ClFN2O2. The molecule has 0 aromatic heterocycles. The Bertz CT molecular complexity index is 1340. The van der Waals surface area contributed by atoms with Gasteiger partial charge in [0.2, 0.25) is 0 Å². The standard InChI is InChI=1S/C31H32ClFN2O2/c1-20(2)34-14-16-35(17-15-34)25-9-4-21(5-10-25)30-26-11-7-23(31(36)37-3)18-22(26)6-12-28(30)27-13-8-24(32)19-29(27)33/h4-5,7-11,13,18-20H,6,12,14-17H2,1-3H3. The van der Waals surface area contributed by atoms with E-state index in [0.717, 1.165) is 54.0 Å². The lowest BCUT2D eigenvalue weighted by atomic mass is 9.79. The number of halogens is 2. The molecule has 5 rings (SSSR count). The van der Waals surface area contributed by atoms with Crippen molar-refractivity contribution in [3.63, 3.8) is 0 Å². The molecule has 6 heteroatoms. The fourth-order valence-electron chi connectivity index (χ4n) is 5.51. The molecule has 3 aromatic rings. The summed E-state index contributed by atoms with van der Waals surface area (Å²) >= 11 is 6.06. The van der Waals surface area contributed by atoms with Crippen LogP contribution in [-0.4, -0.2) is 50.2 Å². The van der Waals surface area contributed by atoms with Crippen molar-refractivity contribution in [3.05, 3.63) is 99.3 Å². The number of carbonyl (C=O) groups excluding carboxylic acids is 1. The minimum atomic E-state index is -0.357. The largest absolute Gasteiger partial charge is 0.465 e. The maximum atomic E-state index is 15.1. The quantitative estimate of drug-likeness (QED) is 0.352. The number of nitrogens with zero attached hydrogens (tertiary/aromatic N) is 2.